The number of aromatic nitrogens is 1. The van der Waals surface area contributed by atoms with Gasteiger partial charge >= 0.3 is 6.09 Å². The Morgan fingerprint density at radius 3 is 2.67 bits per heavy atom. The van der Waals surface area contributed by atoms with Crippen molar-refractivity contribution in [2.75, 3.05) is 12.5 Å². The number of anilines is 1. The van der Waals surface area contributed by atoms with Gasteiger partial charge in [-0.05, 0) is 20.8 Å². The third-order valence-electron chi connectivity index (χ3n) is 2.15. The zero-order chi connectivity index (χ0) is 16.2. The molecule has 0 aliphatic heterocycles. The standard InChI is InChI=1S/C12H15N5O4/c1-12(2,3)21-11(18)16(4)15-10-8(6-13)5-9(7-14-10)17(19)20/h5,7H,1-4H3,(H,14,15). The number of carbonyl (C=O) groups is 1. The van der Waals surface area contributed by atoms with Gasteiger partial charge in [0.05, 0.1) is 4.92 Å². The summed E-state index contributed by atoms with van der Waals surface area (Å²) in [4.78, 5) is 25.5. The third-order valence-corrected chi connectivity index (χ3v) is 2.15. The molecule has 1 aromatic heterocycles. The molecule has 1 aromatic rings. The van der Waals surface area contributed by atoms with Crippen LogP contribution in [0.2, 0.25) is 0 Å². The molecule has 9 nitrogen and oxygen atoms in total. The van der Waals surface area contributed by atoms with Crippen LogP contribution in [0, 0.1) is 21.4 Å². The van der Waals surface area contributed by atoms with Crippen molar-refractivity contribution in [3.63, 3.8) is 0 Å². The molecule has 0 fully saturated rings. The van der Waals surface area contributed by atoms with Crippen LogP contribution in [0.3, 0.4) is 0 Å². The predicted molar refractivity (Wildman–Crippen MR) is 73.2 cm³/mol. The van der Waals surface area contributed by atoms with Crippen LogP contribution in [-0.2, 0) is 4.74 Å². The number of pyridine rings is 1. The fourth-order valence-electron chi connectivity index (χ4n) is 1.26. The normalized spacial score (nSPS) is 10.4. The largest absolute Gasteiger partial charge is 0.442 e. The summed E-state index contributed by atoms with van der Waals surface area (Å²) >= 11 is 0. The van der Waals surface area contributed by atoms with Crippen LogP contribution >= 0.6 is 0 Å². The minimum Gasteiger partial charge on any atom is -0.442 e. The van der Waals surface area contributed by atoms with E-state index < -0.39 is 16.6 Å². The summed E-state index contributed by atoms with van der Waals surface area (Å²) in [7, 11) is 1.39. The van der Waals surface area contributed by atoms with Crippen molar-refractivity contribution in [3.05, 3.63) is 27.9 Å². The molecular formula is C12H15N5O4. The second-order valence-corrected chi connectivity index (χ2v) is 5.11. The molecule has 9 heteroatoms. The van der Waals surface area contributed by atoms with Gasteiger partial charge in [-0.15, -0.1) is 0 Å². The summed E-state index contributed by atoms with van der Waals surface area (Å²) < 4.78 is 5.11. The Morgan fingerprint density at radius 1 is 1.57 bits per heavy atom. The van der Waals surface area contributed by atoms with Crippen LogP contribution in [0.5, 0.6) is 0 Å². The zero-order valence-corrected chi connectivity index (χ0v) is 12.1. The molecule has 1 amide bonds. The van der Waals surface area contributed by atoms with E-state index >= 15 is 0 Å². The molecule has 0 saturated heterocycles. The Hall–Kier alpha value is -2.89. The lowest BCUT2D eigenvalue weighted by atomic mass is 10.2. The summed E-state index contributed by atoms with van der Waals surface area (Å²) in [6, 6.07) is 2.84. The van der Waals surface area contributed by atoms with Crippen LogP contribution in [-0.4, -0.2) is 33.7 Å². The van der Waals surface area contributed by atoms with Gasteiger partial charge in [0.25, 0.3) is 5.69 Å². The summed E-state index contributed by atoms with van der Waals surface area (Å²) in [5.41, 5.74) is 1.52. The number of nitrogens with zero attached hydrogens (tertiary/aromatic N) is 4. The molecule has 0 unspecified atom stereocenters. The molecule has 0 spiro atoms. The van der Waals surface area contributed by atoms with Crippen molar-refractivity contribution in [1.82, 2.24) is 9.99 Å². The van der Waals surface area contributed by atoms with Gasteiger partial charge in [0.1, 0.15) is 23.4 Å². The molecule has 1 N–H and O–H groups in total. The molecule has 1 heterocycles. The first kappa shape index (κ1) is 16.2. The molecule has 0 bridgehead atoms. The molecule has 0 aliphatic carbocycles. The minimum atomic E-state index is -0.674. The summed E-state index contributed by atoms with van der Waals surface area (Å²) in [6.07, 6.45) is 0.318. The van der Waals surface area contributed by atoms with Gasteiger partial charge < -0.3 is 4.74 Å². The first-order valence-corrected chi connectivity index (χ1v) is 5.92. The van der Waals surface area contributed by atoms with E-state index in [-0.39, 0.29) is 17.1 Å². The average molecular weight is 293 g/mol. The van der Waals surface area contributed by atoms with E-state index in [1.807, 2.05) is 0 Å². The number of nitrogens with one attached hydrogen (secondary N) is 1. The number of ether oxygens (including phenoxy) is 1. The number of amides is 1. The quantitative estimate of drug-likeness (QED) is 0.668. The monoisotopic (exact) mass is 293 g/mol. The molecule has 0 saturated carbocycles. The van der Waals surface area contributed by atoms with Crippen molar-refractivity contribution in [2.24, 2.45) is 0 Å². The van der Waals surface area contributed by atoms with E-state index in [4.69, 9.17) is 10.00 Å². The number of hydrazine groups is 1. The molecule has 1 rings (SSSR count). The maximum atomic E-state index is 11.8. The molecule has 0 atom stereocenters. The molecular weight excluding hydrogens is 278 g/mol. The topological polar surface area (TPSA) is 121 Å². The second-order valence-electron chi connectivity index (χ2n) is 5.11. The smallest absolute Gasteiger partial charge is 0.428 e. The van der Waals surface area contributed by atoms with E-state index in [2.05, 4.69) is 10.4 Å². The fourth-order valence-corrected chi connectivity index (χ4v) is 1.26. The van der Waals surface area contributed by atoms with Gasteiger partial charge in [-0.25, -0.2) is 14.8 Å². The van der Waals surface area contributed by atoms with Crippen LogP contribution in [0.15, 0.2) is 12.3 Å². The van der Waals surface area contributed by atoms with Crippen LogP contribution in [0.1, 0.15) is 26.3 Å². The maximum absolute atomic E-state index is 11.8. The minimum absolute atomic E-state index is 0.0245. The number of carbonyl (C=O) groups excluding carboxylic acids is 1. The lowest BCUT2D eigenvalue weighted by Crippen LogP contribution is -2.38. The summed E-state index contributed by atoms with van der Waals surface area (Å²) in [5, 5.41) is 20.6. The number of hydrogen-bond donors (Lipinski definition) is 1. The Balaban J connectivity index is 2.91. The number of nitriles is 1. The van der Waals surface area contributed by atoms with Crippen molar-refractivity contribution < 1.29 is 14.5 Å². The number of hydrogen-bond acceptors (Lipinski definition) is 7. The Kier molecular flexibility index (Phi) is 4.65. The highest BCUT2D eigenvalue weighted by Crippen LogP contribution is 2.19. The Bertz CT molecular complexity index is 603. The van der Waals surface area contributed by atoms with E-state index in [1.165, 1.54) is 7.05 Å². The Labute approximate surface area is 121 Å². The predicted octanol–water partition coefficient (Wildman–Crippen LogP) is 2.06. The van der Waals surface area contributed by atoms with E-state index in [1.54, 1.807) is 26.8 Å². The molecule has 0 radical (unpaired) electrons. The number of rotatable bonds is 3. The summed E-state index contributed by atoms with van der Waals surface area (Å²) in [5.74, 6) is 0.0245. The molecule has 112 valence electrons. The van der Waals surface area contributed by atoms with Gasteiger partial charge in [0.15, 0.2) is 5.82 Å². The Morgan fingerprint density at radius 2 is 2.19 bits per heavy atom. The van der Waals surface area contributed by atoms with Gasteiger partial charge in [0.2, 0.25) is 0 Å². The first-order valence-electron chi connectivity index (χ1n) is 5.92. The van der Waals surface area contributed by atoms with E-state index in [0.717, 1.165) is 17.3 Å². The van der Waals surface area contributed by atoms with Crippen LogP contribution in [0.25, 0.3) is 0 Å². The summed E-state index contributed by atoms with van der Waals surface area (Å²) in [6.45, 7) is 5.14. The lowest BCUT2D eigenvalue weighted by Gasteiger charge is -2.25. The second kappa shape index (κ2) is 6.04. The van der Waals surface area contributed by atoms with Gasteiger partial charge in [-0.2, -0.15) is 5.26 Å². The molecule has 0 aromatic carbocycles. The fraction of sp³-hybridized carbons (Fsp3) is 0.417. The van der Waals surface area contributed by atoms with E-state index in [9.17, 15) is 14.9 Å². The molecule has 21 heavy (non-hydrogen) atoms. The zero-order valence-electron chi connectivity index (χ0n) is 12.1. The third kappa shape index (κ3) is 4.61. The van der Waals surface area contributed by atoms with Gasteiger partial charge in [0, 0.05) is 13.1 Å². The van der Waals surface area contributed by atoms with Gasteiger partial charge in [-0.1, -0.05) is 0 Å². The van der Waals surface area contributed by atoms with Crippen molar-refractivity contribution in [1.29, 1.82) is 5.26 Å². The SMILES string of the molecule is CN(Nc1ncc([N+](=O)[O-])cc1C#N)C(=O)OC(C)(C)C. The van der Waals surface area contributed by atoms with E-state index in [0.29, 0.717) is 0 Å². The average Bonchev–Trinajstić information content (AvgIpc) is 2.36. The highest BCUT2D eigenvalue weighted by atomic mass is 16.6. The lowest BCUT2D eigenvalue weighted by molar-refractivity contribution is -0.385. The van der Waals surface area contributed by atoms with Crippen molar-refractivity contribution in [2.45, 2.75) is 26.4 Å². The van der Waals surface area contributed by atoms with Crippen LogP contribution in [0.4, 0.5) is 16.3 Å². The van der Waals surface area contributed by atoms with Crippen molar-refractivity contribution in [3.8, 4) is 6.07 Å². The number of nitro groups is 1. The van der Waals surface area contributed by atoms with Gasteiger partial charge in [-0.3, -0.25) is 15.5 Å². The highest BCUT2D eigenvalue weighted by molar-refractivity contribution is 5.70. The first-order chi connectivity index (χ1) is 9.64. The highest BCUT2D eigenvalue weighted by Gasteiger charge is 2.21. The maximum Gasteiger partial charge on any atom is 0.428 e. The molecule has 0 aliphatic rings. The van der Waals surface area contributed by atoms with Crippen molar-refractivity contribution >= 4 is 17.6 Å². The van der Waals surface area contributed by atoms with Crippen LogP contribution < -0.4 is 5.43 Å².